The van der Waals surface area contributed by atoms with Crippen LogP contribution < -0.4 is 10.6 Å². The number of benzene rings is 1. The van der Waals surface area contributed by atoms with Gasteiger partial charge in [0.15, 0.2) is 0 Å². The number of carbonyl (C=O) groups is 1. The van der Waals surface area contributed by atoms with E-state index in [1.165, 1.54) is 19.3 Å². The Balaban J connectivity index is 1.46. The van der Waals surface area contributed by atoms with Gasteiger partial charge < -0.3 is 15.5 Å². The number of anilines is 1. The first-order chi connectivity index (χ1) is 10.2. The van der Waals surface area contributed by atoms with E-state index in [4.69, 9.17) is 11.6 Å². The molecule has 1 aromatic carbocycles. The van der Waals surface area contributed by atoms with Gasteiger partial charge in [0, 0.05) is 31.6 Å². The summed E-state index contributed by atoms with van der Waals surface area (Å²) < 4.78 is 0. The second kappa shape index (κ2) is 6.77. The highest BCUT2D eigenvalue weighted by atomic mass is 35.5. The zero-order valence-corrected chi connectivity index (χ0v) is 12.9. The molecule has 2 bridgehead atoms. The van der Waals surface area contributed by atoms with E-state index in [0.717, 1.165) is 19.6 Å². The maximum atomic E-state index is 12.0. The van der Waals surface area contributed by atoms with Crippen molar-refractivity contribution in [1.82, 2.24) is 10.2 Å². The Hall–Kier alpha value is -1.10. The number of rotatable bonds is 4. The molecule has 0 aromatic heterocycles. The topological polar surface area (TPSA) is 44.4 Å². The molecule has 0 saturated carbocycles. The monoisotopic (exact) mass is 307 g/mol. The number of hydrogen-bond donors (Lipinski definition) is 2. The van der Waals surface area contributed by atoms with E-state index in [1.807, 2.05) is 18.2 Å². The summed E-state index contributed by atoms with van der Waals surface area (Å²) in [5.41, 5.74) is 0.695. The van der Waals surface area contributed by atoms with Crippen LogP contribution in [0.15, 0.2) is 24.3 Å². The van der Waals surface area contributed by atoms with E-state index < -0.39 is 0 Å². The van der Waals surface area contributed by atoms with Crippen LogP contribution >= 0.6 is 11.6 Å². The van der Waals surface area contributed by atoms with Crippen LogP contribution in [0.1, 0.15) is 25.7 Å². The lowest BCUT2D eigenvalue weighted by molar-refractivity contribution is -0.116. The number of likely N-dealkylation sites (tertiary alicyclic amines) is 1. The molecule has 2 heterocycles. The van der Waals surface area contributed by atoms with Crippen LogP contribution in [0.2, 0.25) is 5.02 Å². The second-order valence-corrected chi connectivity index (χ2v) is 6.41. The highest BCUT2D eigenvalue weighted by Crippen LogP contribution is 2.22. The largest absolute Gasteiger partial charge is 0.325 e. The first-order valence-corrected chi connectivity index (χ1v) is 8.11. The molecule has 114 valence electrons. The van der Waals surface area contributed by atoms with E-state index in [-0.39, 0.29) is 5.91 Å². The van der Waals surface area contributed by atoms with Crippen LogP contribution in [0.3, 0.4) is 0 Å². The molecular weight excluding hydrogens is 286 g/mol. The minimum atomic E-state index is 0.0328. The summed E-state index contributed by atoms with van der Waals surface area (Å²) in [7, 11) is 0. The van der Waals surface area contributed by atoms with Crippen LogP contribution in [-0.2, 0) is 4.79 Å². The number of nitrogens with zero attached hydrogens (tertiary/aromatic N) is 1. The average Bonchev–Trinajstić information content (AvgIpc) is 2.80. The SMILES string of the molecule is O=C(CCN1CCC2CCC(C1)N2)Nc1ccccc1Cl. The summed E-state index contributed by atoms with van der Waals surface area (Å²) in [4.78, 5) is 14.4. The van der Waals surface area contributed by atoms with Gasteiger partial charge in [-0.1, -0.05) is 23.7 Å². The van der Waals surface area contributed by atoms with Gasteiger partial charge in [0.25, 0.3) is 0 Å². The van der Waals surface area contributed by atoms with Crippen molar-refractivity contribution in [1.29, 1.82) is 0 Å². The van der Waals surface area contributed by atoms with E-state index in [1.54, 1.807) is 6.07 Å². The van der Waals surface area contributed by atoms with Gasteiger partial charge in [-0.25, -0.2) is 0 Å². The van der Waals surface area contributed by atoms with Crippen molar-refractivity contribution in [2.75, 3.05) is 25.0 Å². The molecule has 0 spiro atoms. The molecule has 5 heteroatoms. The van der Waals surface area contributed by atoms with Gasteiger partial charge in [-0.2, -0.15) is 0 Å². The molecule has 2 N–H and O–H groups in total. The lowest BCUT2D eigenvalue weighted by Crippen LogP contribution is -2.36. The number of carbonyl (C=O) groups excluding carboxylic acids is 1. The van der Waals surface area contributed by atoms with Crippen molar-refractivity contribution in [2.45, 2.75) is 37.8 Å². The fourth-order valence-corrected chi connectivity index (χ4v) is 3.44. The second-order valence-electron chi connectivity index (χ2n) is 6.01. The summed E-state index contributed by atoms with van der Waals surface area (Å²) in [6, 6.07) is 8.65. The highest BCUT2D eigenvalue weighted by molar-refractivity contribution is 6.33. The van der Waals surface area contributed by atoms with E-state index in [2.05, 4.69) is 15.5 Å². The summed E-state index contributed by atoms with van der Waals surface area (Å²) >= 11 is 6.05. The number of halogens is 1. The molecule has 1 aromatic rings. The maximum Gasteiger partial charge on any atom is 0.225 e. The van der Waals surface area contributed by atoms with Crippen molar-refractivity contribution < 1.29 is 4.79 Å². The standard InChI is InChI=1S/C16H22ClN3O/c17-14-3-1-2-4-15(14)19-16(21)8-10-20-9-7-12-5-6-13(11-20)18-12/h1-4,12-13,18H,5-11H2,(H,19,21). The third-order valence-corrected chi connectivity index (χ3v) is 4.74. The Morgan fingerprint density at radius 1 is 1.29 bits per heavy atom. The summed E-state index contributed by atoms with van der Waals surface area (Å²) in [6.07, 6.45) is 4.30. The van der Waals surface area contributed by atoms with Crippen molar-refractivity contribution in [3.63, 3.8) is 0 Å². The summed E-state index contributed by atoms with van der Waals surface area (Å²) in [5.74, 6) is 0.0328. The van der Waals surface area contributed by atoms with Crippen molar-refractivity contribution >= 4 is 23.2 Å². The Morgan fingerprint density at radius 2 is 2.10 bits per heavy atom. The Bertz CT molecular complexity index is 508. The van der Waals surface area contributed by atoms with Crippen LogP contribution in [0, 0.1) is 0 Å². The highest BCUT2D eigenvalue weighted by Gasteiger charge is 2.29. The van der Waals surface area contributed by atoms with Crippen molar-refractivity contribution in [3.8, 4) is 0 Å². The minimum absolute atomic E-state index is 0.0328. The fourth-order valence-electron chi connectivity index (χ4n) is 3.25. The first-order valence-electron chi connectivity index (χ1n) is 7.73. The zero-order valence-electron chi connectivity index (χ0n) is 12.1. The van der Waals surface area contributed by atoms with Crippen LogP contribution in [-0.4, -0.2) is 42.5 Å². The van der Waals surface area contributed by atoms with Gasteiger partial charge in [-0.3, -0.25) is 4.79 Å². The first kappa shape index (κ1) is 14.8. The molecule has 3 rings (SSSR count). The predicted octanol–water partition coefficient (Wildman–Crippen LogP) is 2.49. The summed E-state index contributed by atoms with van der Waals surface area (Å²) in [5, 5.41) is 7.13. The molecule has 0 radical (unpaired) electrons. The van der Waals surface area contributed by atoms with E-state index in [9.17, 15) is 4.79 Å². The molecule has 2 atom stereocenters. The zero-order chi connectivity index (χ0) is 14.7. The molecule has 4 nitrogen and oxygen atoms in total. The number of para-hydroxylation sites is 1. The quantitative estimate of drug-likeness (QED) is 0.898. The van der Waals surface area contributed by atoms with Gasteiger partial charge >= 0.3 is 0 Å². The van der Waals surface area contributed by atoms with Crippen LogP contribution in [0.4, 0.5) is 5.69 Å². The lowest BCUT2D eigenvalue weighted by atomic mass is 10.1. The van der Waals surface area contributed by atoms with Gasteiger partial charge in [0.05, 0.1) is 10.7 Å². The van der Waals surface area contributed by atoms with Gasteiger partial charge in [0.2, 0.25) is 5.91 Å². The average molecular weight is 308 g/mol. The van der Waals surface area contributed by atoms with Crippen molar-refractivity contribution in [3.05, 3.63) is 29.3 Å². The molecule has 1 amide bonds. The molecule has 2 aliphatic rings. The Morgan fingerprint density at radius 3 is 2.95 bits per heavy atom. The number of hydrogen-bond acceptors (Lipinski definition) is 3. The third-order valence-electron chi connectivity index (χ3n) is 4.41. The molecule has 2 saturated heterocycles. The van der Waals surface area contributed by atoms with E-state index in [0.29, 0.717) is 29.2 Å². The molecule has 2 aliphatic heterocycles. The lowest BCUT2D eigenvalue weighted by Gasteiger charge is -2.23. The van der Waals surface area contributed by atoms with E-state index >= 15 is 0 Å². The Labute approximate surface area is 130 Å². The minimum Gasteiger partial charge on any atom is -0.325 e. The van der Waals surface area contributed by atoms with Gasteiger partial charge in [-0.15, -0.1) is 0 Å². The molecule has 2 fully saturated rings. The van der Waals surface area contributed by atoms with Gasteiger partial charge in [0.1, 0.15) is 0 Å². The predicted molar refractivity (Wildman–Crippen MR) is 85.7 cm³/mol. The smallest absolute Gasteiger partial charge is 0.225 e. The number of fused-ring (bicyclic) bond motifs is 2. The molecule has 0 aliphatic carbocycles. The normalized spacial score (nSPS) is 25.6. The third kappa shape index (κ3) is 3.96. The molecular formula is C16H22ClN3O. The van der Waals surface area contributed by atoms with Gasteiger partial charge in [-0.05, 0) is 37.9 Å². The number of amides is 1. The molecule has 2 unspecified atom stereocenters. The fraction of sp³-hybridized carbons (Fsp3) is 0.562. The Kier molecular flexibility index (Phi) is 4.78. The number of nitrogens with one attached hydrogen (secondary N) is 2. The van der Waals surface area contributed by atoms with Crippen LogP contribution in [0.5, 0.6) is 0 Å². The van der Waals surface area contributed by atoms with Crippen LogP contribution in [0.25, 0.3) is 0 Å². The molecule has 21 heavy (non-hydrogen) atoms. The summed E-state index contributed by atoms with van der Waals surface area (Å²) in [6.45, 7) is 2.98. The van der Waals surface area contributed by atoms with Crippen molar-refractivity contribution in [2.24, 2.45) is 0 Å². The maximum absolute atomic E-state index is 12.0.